The van der Waals surface area contributed by atoms with Gasteiger partial charge in [-0.25, -0.2) is 0 Å². The summed E-state index contributed by atoms with van der Waals surface area (Å²) in [6.07, 6.45) is 0.858. The van der Waals surface area contributed by atoms with Crippen molar-refractivity contribution < 1.29 is 9.53 Å². The van der Waals surface area contributed by atoms with Crippen molar-refractivity contribution in [3.8, 4) is 5.75 Å². The standard InChI is InChI=1S/C33H35NO2/c1-26(2)33(35)34(22-21-32(29-16-8-4-9-17-29)30-18-10-5-11-19-30)24-28-15-12-20-31(23-28)36-25-27-13-6-3-7-14-27/h3-20,23,26,32H,21-22,24-25H2,1-2H3. The largest absolute Gasteiger partial charge is 0.489 e. The molecule has 1 amide bonds. The maximum absolute atomic E-state index is 13.2. The number of benzene rings is 4. The second-order valence-electron chi connectivity index (χ2n) is 9.50. The third kappa shape index (κ3) is 7.08. The minimum absolute atomic E-state index is 0.0607. The van der Waals surface area contributed by atoms with Crippen molar-refractivity contribution in [3.05, 3.63) is 138 Å². The van der Waals surface area contributed by atoms with Gasteiger partial charge in [0, 0.05) is 24.9 Å². The third-order valence-corrected chi connectivity index (χ3v) is 6.42. The van der Waals surface area contributed by atoms with Crippen LogP contribution in [0.2, 0.25) is 0 Å². The summed E-state index contributed by atoms with van der Waals surface area (Å²) in [5.41, 5.74) is 4.76. The second-order valence-corrected chi connectivity index (χ2v) is 9.50. The normalized spacial score (nSPS) is 11.0. The molecule has 0 aliphatic carbocycles. The quantitative estimate of drug-likeness (QED) is 0.224. The number of carbonyl (C=O) groups is 1. The lowest BCUT2D eigenvalue weighted by Gasteiger charge is -2.28. The molecule has 4 rings (SSSR count). The Hall–Kier alpha value is -3.85. The Bertz CT molecular complexity index is 1170. The molecule has 184 valence electrons. The summed E-state index contributed by atoms with van der Waals surface area (Å²) in [5.74, 6) is 1.16. The lowest BCUT2D eigenvalue weighted by molar-refractivity contribution is -0.135. The maximum atomic E-state index is 13.2. The Balaban J connectivity index is 1.49. The molecule has 0 bridgehead atoms. The van der Waals surface area contributed by atoms with E-state index in [0.717, 1.165) is 23.3 Å². The molecule has 0 heterocycles. The van der Waals surface area contributed by atoms with E-state index in [1.54, 1.807) is 0 Å². The van der Waals surface area contributed by atoms with Crippen LogP contribution in [0.25, 0.3) is 0 Å². The van der Waals surface area contributed by atoms with Gasteiger partial charge in [-0.2, -0.15) is 0 Å². The number of nitrogens with zero attached hydrogens (tertiary/aromatic N) is 1. The van der Waals surface area contributed by atoms with E-state index in [9.17, 15) is 4.79 Å². The molecule has 0 atom stereocenters. The number of carbonyl (C=O) groups excluding carboxylic acids is 1. The van der Waals surface area contributed by atoms with E-state index < -0.39 is 0 Å². The molecule has 0 unspecified atom stereocenters. The van der Waals surface area contributed by atoms with E-state index in [2.05, 4.69) is 72.8 Å². The molecular formula is C33H35NO2. The Morgan fingerprint density at radius 2 is 1.28 bits per heavy atom. The molecule has 0 N–H and O–H groups in total. The fourth-order valence-corrected chi connectivity index (χ4v) is 4.51. The molecule has 36 heavy (non-hydrogen) atoms. The molecule has 0 fully saturated rings. The van der Waals surface area contributed by atoms with E-state index in [0.29, 0.717) is 19.7 Å². The van der Waals surface area contributed by atoms with Gasteiger partial charge in [0.25, 0.3) is 0 Å². The zero-order valence-electron chi connectivity index (χ0n) is 21.2. The van der Waals surface area contributed by atoms with Crippen molar-refractivity contribution in [1.82, 2.24) is 4.90 Å². The van der Waals surface area contributed by atoms with Gasteiger partial charge in [-0.15, -0.1) is 0 Å². The summed E-state index contributed by atoms with van der Waals surface area (Å²) in [6, 6.07) is 39.4. The van der Waals surface area contributed by atoms with Gasteiger partial charge in [-0.1, -0.05) is 117 Å². The molecule has 3 nitrogen and oxygen atoms in total. The number of rotatable bonds is 11. The monoisotopic (exact) mass is 477 g/mol. The number of ether oxygens (including phenoxy) is 1. The molecule has 0 aliphatic rings. The van der Waals surface area contributed by atoms with Crippen molar-refractivity contribution in [1.29, 1.82) is 0 Å². The van der Waals surface area contributed by atoms with Crippen molar-refractivity contribution in [2.75, 3.05) is 6.54 Å². The van der Waals surface area contributed by atoms with Crippen LogP contribution in [0.4, 0.5) is 0 Å². The van der Waals surface area contributed by atoms with Gasteiger partial charge in [0.05, 0.1) is 0 Å². The third-order valence-electron chi connectivity index (χ3n) is 6.42. The van der Waals surface area contributed by atoms with Crippen molar-refractivity contribution >= 4 is 5.91 Å². The Morgan fingerprint density at radius 1 is 0.722 bits per heavy atom. The highest BCUT2D eigenvalue weighted by Gasteiger charge is 2.21. The summed E-state index contributed by atoms with van der Waals surface area (Å²) >= 11 is 0. The summed E-state index contributed by atoms with van der Waals surface area (Å²) in [5, 5.41) is 0. The first-order chi connectivity index (χ1) is 17.6. The Kier molecular flexibility index (Phi) is 8.93. The van der Waals surface area contributed by atoms with Crippen LogP contribution in [0, 0.1) is 5.92 Å². The van der Waals surface area contributed by atoms with Gasteiger partial charge >= 0.3 is 0 Å². The van der Waals surface area contributed by atoms with E-state index in [1.165, 1.54) is 11.1 Å². The minimum Gasteiger partial charge on any atom is -0.489 e. The molecule has 0 spiro atoms. The van der Waals surface area contributed by atoms with Gasteiger partial charge in [-0.05, 0) is 40.8 Å². The van der Waals surface area contributed by atoms with Crippen LogP contribution in [0.3, 0.4) is 0 Å². The van der Waals surface area contributed by atoms with Gasteiger partial charge in [-0.3, -0.25) is 4.79 Å². The van der Waals surface area contributed by atoms with E-state index in [-0.39, 0.29) is 17.7 Å². The van der Waals surface area contributed by atoms with Crippen molar-refractivity contribution in [2.45, 2.75) is 39.3 Å². The number of amides is 1. The highest BCUT2D eigenvalue weighted by atomic mass is 16.5. The van der Waals surface area contributed by atoms with Crippen LogP contribution in [0.5, 0.6) is 5.75 Å². The zero-order valence-corrected chi connectivity index (χ0v) is 21.2. The van der Waals surface area contributed by atoms with Crippen LogP contribution < -0.4 is 4.74 Å². The van der Waals surface area contributed by atoms with Crippen LogP contribution in [-0.4, -0.2) is 17.4 Å². The first-order valence-corrected chi connectivity index (χ1v) is 12.7. The predicted molar refractivity (Wildman–Crippen MR) is 147 cm³/mol. The lowest BCUT2D eigenvalue weighted by Crippen LogP contribution is -2.35. The Labute approximate surface area is 215 Å². The molecule has 0 aliphatic heterocycles. The lowest BCUT2D eigenvalue weighted by atomic mass is 9.88. The average molecular weight is 478 g/mol. The molecule has 0 saturated heterocycles. The van der Waals surface area contributed by atoms with Crippen LogP contribution in [-0.2, 0) is 17.9 Å². The van der Waals surface area contributed by atoms with Gasteiger partial charge in [0.15, 0.2) is 0 Å². The first-order valence-electron chi connectivity index (χ1n) is 12.7. The SMILES string of the molecule is CC(C)C(=O)N(CCC(c1ccccc1)c1ccccc1)Cc1cccc(OCc2ccccc2)c1. The van der Waals surface area contributed by atoms with Gasteiger partial charge < -0.3 is 9.64 Å². The fraction of sp³-hybridized carbons (Fsp3) is 0.242. The first kappa shape index (κ1) is 25.2. The highest BCUT2D eigenvalue weighted by Crippen LogP contribution is 2.29. The topological polar surface area (TPSA) is 29.5 Å². The summed E-state index contributed by atoms with van der Waals surface area (Å²) in [6.45, 7) is 5.71. The molecule has 0 radical (unpaired) electrons. The summed E-state index contributed by atoms with van der Waals surface area (Å²) < 4.78 is 6.03. The van der Waals surface area contributed by atoms with E-state index in [1.807, 2.05) is 61.2 Å². The molecule has 4 aromatic carbocycles. The van der Waals surface area contributed by atoms with Crippen molar-refractivity contribution in [3.63, 3.8) is 0 Å². The van der Waals surface area contributed by atoms with Gasteiger partial charge in [0.1, 0.15) is 12.4 Å². The average Bonchev–Trinajstić information content (AvgIpc) is 2.93. The number of hydrogen-bond acceptors (Lipinski definition) is 2. The molecule has 0 aromatic heterocycles. The zero-order chi connectivity index (χ0) is 25.2. The van der Waals surface area contributed by atoms with E-state index >= 15 is 0 Å². The summed E-state index contributed by atoms with van der Waals surface area (Å²) in [7, 11) is 0. The molecular weight excluding hydrogens is 442 g/mol. The maximum Gasteiger partial charge on any atom is 0.225 e. The Morgan fingerprint density at radius 3 is 1.86 bits per heavy atom. The number of hydrogen-bond donors (Lipinski definition) is 0. The van der Waals surface area contributed by atoms with Crippen LogP contribution in [0.1, 0.15) is 48.4 Å². The molecule has 0 saturated carbocycles. The molecule has 3 heteroatoms. The second kappa shape index (κ2) is 12.7. The molecule has 4 aromatic rings. The summed E-state index contributed by atoms with van der Waals surface area (Å²) in [4.78, 5) is 15.2. The van der Waals surface area contributed by atoms with E-state index in [4.69, 9.17) is 4.74 Å². The van der Waals surface area contributed by atoms with Crippen LogP contribution >= 0.6 is 0 Å². The fourth-order valence-electron chi connectivity index (χ4n) is 4.51. The predicted octanol–water partition coefficient (Wildman–Crippen LogP) is 7.47. The minimum atomic E-state index is -0.0607. The van der Waals surface area contributed by atoms with Gasteiger partial charge in [0.2, 0.25) is 5.91 Å². The van der Waals surface area contributed by atoms with Crippen molar-refractivity contribution in [2.24, 2.45) is 5.92 Å². The van der Waals surface area contributed by atoms with Crippen LogP contribution in [0.15, 0.2) is 115 Å². The highest BCUT2D eigenvalue weighted by molar-refractivity contribution is 5.78. The smallest absolute Gasteiger partial charge is 0.225 e.